The highest BCUT2D eigenvalue weighted by molar-refractivity contribution is 6.18. The van der Waals surface area contributed by atoms with Crippen LogP contribution in [0.25, 0.3) is 88.1 Å². The van der Waals surface area contributed by atoms with Crippen molar-refractivity contribution in [2.75, 3.05) is 0 Å². The highest BCUT2D eigenvalue weighted by atomic mass is 16.3. The summed E-state index contributed by atoms with van der Waals surface area (Å²) in [5.74, 6) is 0. The first kappa shape index (κ1) is 23.4. The van der Waals surface area contributed by atoms with E-state index in [4.69, 9.17) is 13.3 Å². The summed E-state index contributed by atoms with van der Waals surface area (Å²) >= 11 is 0. The lowest BCUT2D eigenvalue weighted by Crippen LogP contribution is -1.80. The molecular weight excluding hydrogens is 532 g/mol. The summed E-state index contributed by atoms with van der Waals surface area (Å²) in [6.07, 6.45) is 0. The average Bonchev–Trinajstić information content (AvgIpc) is 3.76. The molecule has 9 rings (SSSR count). The van der Waals surface area contributed by atoms with Gasteiger partial charge in [-0.2, -0.15) is 10.5 Å². The summed E-state index contributed by atoms with van der Waals surface area (Å²) < 4.78 is 19.5. The molecule has 0 bridgehead atoms. The highest BCUT2D eigenvalue weighted by Crippen LogP contribution is 2.45. The Morgan fingerprint density at radius 3 is 0.884 bits per heavy atom. The molecule has 0 aliphatic heterocycles. The molecule has 6 aromatic carbocycles. The first-order chi connectivity index (χ1) is 21.2. The lowest BCUT2D eigenvalue weighted by Gasteiger charge is -2.04. The predicted molar refractivity (Wildman–Crippen MR) is 169 cm³/mol. The minimum absolute atomic E-state index is 0.507. The van der Waals surface area contributed by atoms with Gasteiger partial charge in [-0.3, -0.25) is 0 Å². The molecule has 0 aliphatic rings. The van der Waals surface area contributed by atoms with Gasteiger partial charge in [0.05, 0.1) is 11.1 Å². The van der Waals surface area contributed by atoms with Gasteiger partial charge < -0.3 is 13.3 Å². The number of para-hydroxylation sites is 6. The normalized spacial score (nSPS) is 11.7. The van der Waals surface area contributed by atoms with Crippen LogP contribution in [0.2, 0.25) is 0 Å². The van der Waals surface area contributed by atoms with Crippen molar-refractivity contribution in [3.05, 3.63) is 120 Å². The third-order valence-electron chi connectivity index (χ3n) is 8.39. The molecule has 3 heterocycles. The van der Waals surface area contributed by atoms with E-state index >= 15 is 0 Å². The summed E-state index contributed by atoms with van der Waals surface area (Å²) in [6, 6.07) is 40.2. The minimum atomic E-state index is 0.507. The number of rotatable bonds is 2. The Hall–Kier alpha value is -6.30. The molecule has 198 valence electrons. The Morgan fingerprint density at radius 2 is 0.581 bits per heavy atom. The summed E-state index contributed by atoms with van der Waals surface area (Å²) in [7, 11) is 0. The number of nitrogens with zero attached hydrogens (tertiary/aromatic N) is 2. The van der Waals surface area contributed by atoms with Gasteiger partial charge in [-0.25, -0.2) is 0 Å². The fourth-order valence-electron chi connectivity index (χ4n) is 6.49. The third-order valence-corrected chi connectivity index (χ3v) is 8.39. The van der Waals surface area contributed by atoms with Gasteiger partial charge >= 0.3 is 0 Å². The molecule has 5 nitrogen and oxygen atoms in total. The van der Waals surface area contributed by atoms with Crippen LogP contribution in [-0.2, 0) is 0 Å². The molecular formula is C38H18N2O3. The number of hydrogen-bond acceptors (Lipinski definition) is 5. The number of nitriles is 2. The van der Waals surface area contributed by atoms with Crippen molar-refractivity contribution < 1.29 is 13.3 Å². The fourth-order valence-corrected chi connectivity index (χ4v) is 6.49. The SMILES string of the molecule is N#Cc1cccc2c1oc1c(-c3cccc4c3oc3c(-c5cccc6c5oc5c(C#N)cccc56)cccc34)cccc12. The van der Waals surface area contributed by atoms with Gasteiger partial charge in [-0.05, 0) is 12.1 Å². The van der Waals surface area contributed by atoms with Crippen LogP contribution >= 0.6 is 0 Å². The standard InChI is InChI=1S/C38H18N2O3/c39-19-21-7-1-9-23-25-11-3-13-27(35(25)41-33(21)23)29-15-5-17-31-32-18-6-16-30(38(32)43-37(29)31)28-14-4-12-26-24-10-2-8-22(20-40)34(24)42-36(26)28/h1-18H. The zero-order valence-corrected chi connectivity index (χ0v) is 22.5. The summed E-state index contributed by atoms with van der Waals surface area (Å²) in [5.41, 5.74) is 8.73. The molecule has 0 atom stereocenters. The molecule has 43 heavy (non-hydrogen) atoms. The van der Waals surface area contributed by atoms with Gasteiger partial charge in [0.2, 0.25) is 0 Å². The zero-order valence-electron chi connectivity index (χ0n) is 22.5. The first-order valence-electron chi connectivity index (χ1n) is 13.9. The van der Waals surface area contributed by atoms with Crippen molar-refractivity contribution >= 4 is 65.8 Å². The Bertz CT molecular complexity index is 2520. The fraction of sp³-hybridized carbons (Fsp3) is 0. The van der Waals surface area contributed by atoms with Crippen molar-refractivity contribution in [2.45, 2.75) is 0 Å². The Kier molecular flexibility index (Phi) is 4.68. The molecule has 0 saturated carbocycles. The van der Waals surface area contributed by atoms with Crippen LogP contribution in [-0.4, -0.2) is 0 Å². The summed E-state index contributed by atoms with van der Waals surface area (Å²) in [6.45, 7) is 0. The summed E-state index contributed by atoms with van der Waals surface area (Å²) in [4.78, 5) is 0. The predicted octanol–water partition coefficient (Wildman–Crippen LogP) is 10.5. The third kappa shape index (κ3) is 3.14. The lowest BCUT2D eigenvalue weighted by atomic mass is 9.98. The molecule has 3 aromatic heterocycles. The molecule has 0 N–H and O–H groups in total. The number of benzene rings is 6. The van der Waals surface area contributed by atoms with E-state index in [-0.39, 0.29) is 0 Å². The van der Waals surface area contributed by atoms with Gasteiger partial charge in [-0.15, -0.1) is 0 Å². The van der Waals surface area contributed by atoms with E-state index in [0.717, 1.165) is 65.7 Å². The van der Waals surface area contributed by atoms with Crippen molar-refractivity contribution in [1.82, 2.24) is 0 Å². The smallest absolute Gasteiger partial charge is 0.153 e. The molecule has 9 aromatic rings. The van der Waals surface area contributed by atoms with Crippen LogP contribution in [0.1, 0.15) is 11.1 Å². The number of furan rings is 3. The number of fused-ring (bicyclic) bond motifs is 9. The van der Waals surface area contributed by atoms with Crippen LogP contribution in [0, 0.1) is 22.7 Å². The Morgan fingerprint density at radius 1 is 0.326 bits per heavy atom. The van der Waals surface area contributed by atoms with Gasteiger partial charge in [0, 0.05) is 54.6 Å². The quantitative estimate of drug-likeness (QED) is 0.214. The van der Waals surface area contributed by atoms with Crippen LogP contribution < -0.4 is 0 Å². The van der Waals surface area contributed by atoms with E-state index in [9.17, 15) is 10.5 Å². The monoisotopic (exact) mass is 550 g/mol. The van der Waals surface area contributed by atoms with Crippen molar-refractivity contribution in [3.8, 4) is 34.4 Å². The number of hydrogen-bond donors (Lipinski definition) is 0. The molecule has 0 aliphatic carbocycles. The topological polar surface area (TPSA) is 87.0 Å². The lowest BCUT2D eigenvalue weighted by molar-refractivity contribution is 0.663. The summed E-state index contributed by atoms with van der Waals surface area (Å²) in [5, 5.41) is 25.1. The van der Waals surface area contributed by atoms with Crippen molar-refractivity contribution in [3.63, 3.8) is 0 Å². The first-order valence-corrected chi connectivity index (χ1v) is 13.9. The van der Waals surface area contributed by atoms with E-state index in [1.807, 2.05) is 84.9 Å². The maximum atomic E-state index is 9.68. The van der Waals surface area contributed by atoms with Crippen molar-refractivity contribution in [1.29, 1.82) is 10.5 Å². The second-order valence-electron chi connectivity index (χ2n) is 10.6. The second kappa shape index (κ2) is 8.60. The molecule has 0 radical (unpaired) electrons. The van der Waals surface area contributed by atoms with Crippen LogP contribution in [0.15, 0.2) is 122 Å². The minimum Gasteiger partial charge on any atom is -0.455 e. The van der Waals surface area contributed by atoms with Gasteiger partial charge in [0.15, 0.2) is 11.2 Å². The van der Waals surface area contributed by atoms with Crippen LogP contribution in [0.3, 0.4) is 0 Å². The molecule has 0 amide bonds. The van der Waals surface area contributed by atoms with Gasteiger partial charge in [0.1, 0.15) is 34.5 Å². The zero-order chi connectivity index (χ0) is 28.7. The van der Waals surface area contributed by atoms with E-state index in [0.29, 0.717) is 33.5 Å². The molecule has 0 unspecified atom stereocenters. The molecule has 0 spiro atoms. The van der Waals surface area contributed by atoms with Gasteiger partial charge in [-0.1, -0.05) is 97.1 Å². The van der Waals surface area contributed by atoms with E-state index in [2.05, 4.69) is 24.3 Å². The van der Waals surface area contributed by atoms with Crippen molar-refractivity contribution in [2.24, 2.45) is 0 Å². The highest BCUT2D eigenvalue weighted by Gasteiger charge is 2.21. The maximum absolute atomic E-state index is 9.68. The van der Waals surface area contributed by atoms with E-state index < -0.39 is 0 Å². The van der Waals surface area contributed by atoms with Gasteiger partial charge in [0.25, 0.3) is 0 Å². The largest absolute Gasteiger partial charge is 0.455 e. The van der Waals surface area contributed by atoms with E-state index in [1.165, 1.54) is 0 Å². The van der Waals surface area contributed by atoms with Crippen LogP contribution in [0.5, 0.6) is 0 Å². The van der Waals surface area contributed by atoms with E-state index in [1.54, 1.807) is 12.1 Å². The average molecular weight is 551 g/mol. The maximum Gasteiger partial charge on any atom is 0.153 e. The van der Waals surface area contributed by atoms with Crippen LogP contribution in [0.4, 0.5) is 0 Å². The molecule has 0 saturated heterocycles. The molecule has 5 heteroatoms. The Labute approximate surface area is 244 Å². The molecule has 0 fully saturated rings. The Balaban J connectivity index is 1.33. The second-order valence-corrected chi connectivity index (χ2v) is 10.6.